The second-order valence-electron chi connectivity index (χ2n) is 4.81. The second kappa shape index (κ2) is 4.97. The van der Waals surface area contributed by atoms with Gasteiger partial charge >= 0.3 is 12.1 Å². The van der Waals surface area contributed by atoms with E-state index in [1.165, 1.54) is 4.80 Å². The van der Waals surface area contributed by atoms with Gasteiger partial charge in [0.2, 0.25) is 0 Å². The quantitative estimate of drug-likeness (QED) is 0.923. The lowest BCUT2D eigenvalue weighted by Crippen LogP contribution is -2.49. The number of pyridine rings is 1. The first-order valence-corrected chi connectivity index (χ1v) is 6.28. The van der Waals surface area contributed by atoms with Gasteiger partial charge in [0.1, 0.15) is 11.9 Å². The molecule has 1 aliphatic heterocycles. The first-order chi connectivity index (χ1) is 10.3. The Morgan fingerprint density at radius 2 is 2.09 bits per heavy atom. The highest BCUT2D eigenvalue weighted by Gasteiger charge is 2.34. The van der Waals surface area contributed by atoms with Gasteiger partial charge in [-0.1, -0.05) is 0 Å². The van der Waals surface area contributed by atoms with E-state index in [-0.39, 0.29) is 17.6 Å². The Morgan fingerprint density at radius 3 is 2.68 bits per heavy atom. The van der Waals surface area contributed by atoms with Crippen LogP contribution in [0.5, 0.6) is 0 Å². The minimum atomic E-state index is -4.41. The van der Waals surface area contributed by atoms with Gasteiger partial charge in [-0.05, 0) is 12.1 Å². The molecule has 2 aromatic rings. The molecule has 1 saturated heterocycles. The van der Waals surface area contributed by atoms with Crippen LogP contribution in [-0.4, -0.2) is 44.1 Å². The van der Waals surface area contributed by atoms with Crippen molar-refractivity contribution in [2.45, 2.75) is 12.2 Å². The maximum atomic E-state index is 12.6. The van der Waals surface area contributed by atoms with E-state index in [2.05, 4.69) is 15.2 Å². The number of halogens is 3. The van der Waals surface area contributed by atoms with E-state index in [9.17, 15) is 18.0 Å². The van der Waals surface area contributed by atoms with Crippen LogP contribution in [0.4, 0.5) is 19.0 Å². The van der Waals surface area contributed by atoms with Crippen LogP contribution in [0.15, 0.2) is 24.5 Å². The second-order valence-corrected chi connectivity index (χ2v) is 4.81. The fraction of sp³-hybridized carbons (Fsp3) is 0.333. The van der Waals surface area contributed by atoms with Crippen LogP contribution >= 0.6 is 0 Å². The molecule has 2 aromatic heterocycles. The molecule has 10 heteroatoms. The Hall–Kier alpha value is -2.65. The molecule has 0 unspecified atom stereocenters. The lowest BCUT2D eigenvalue weighted by atomic mass is 10.1. The van der Waals surface area contributed by atoms with Gasteiger partial charge in [-0.2, -0.15) is 23.1 Å². The SMILES string of the molecule is O=C(O)c1cnn(C2CN(c3cc(C(F)(F)F)ccn3)C2)n1. The number of alkyl halides is 3. The number of nitrogens with zero attached hydrogens (tertiary/aromatic N) is 5. The van der Waals surface area contributed by atoms with Gasteiger partial charge in [0.25, 0.3) is 0 Å². The number of carboxylic acid groups (broad SMARTS) is 1. The molecule has 0 aromatic carbocycles. The Morgan fingerprint density at radius 1 is 1.36 bits per heavy atom. The van der Waals surface area contributed by atoms with Crippen molar-refractivity contribution in [1.82, 2.24) is 20.0 Å². The number of rotatable bonds is 3. The van der Waals surface area contributed by atoms with Crippen LogP contribution in [0.2, 0.25) is 0 Å². The third-order valence-corrected chi connectivity index (χ3v) is 3.31. The average Bonchev–Trinajstić information content (AvgIpc) is 2.86. The predicted molar refractivity (Wildman–Crippen MR) is 67.5 cm³/mol. The van der Waals surface area contributed by atoms with Crippen molar-refractivity contribution in [1.29, 1.82) is 0 Å². The van der Waals surface area contributed by atoms with Gasteiger partial charge < -0.3 is 10.0 Å². The van der Waals surface area contributed by atoms with Crippen molar-refractivity contribution in [2.24, 2.45) is 0 Å². The van der Waals surface area contributed by atoms with Crippen molar-refractivity contribution in [3.05, 3.63) is 35.8 Å². The third kappa shape index (κ3) is 2.59. The highest BCUT2D eigenvalue weighted by atomic mass is 19.4. The van der Waals surface area contributed by atoms with Crippen LogP contribution in [0.1, 0.15) is 22.1 Å². The summed E-state index contributed by atoms with van der Waals surface area (Å²) in [4.78, 5) is 17.5. The number of hydrogen-bond donors (Lipinski definition) is 1. The van der Waals surface area contributed by atoms with Crippen molar-refractivity contribution < 1.29 is 23.1 Å². The van der Waals surface area contributed by atoms with Crippen LogP contribution < -0.4 is 4.90 Å². The zero-order valence-corrected chi connectivity index (χ0v) is 11.0. The summed E-state index contributed by atoms with van der Waals surface area (Å²) >= 11 is 0. The molecule has 22 heavy (non-hydrogen) atoms. The molecule has 3 heterocycles. The number of hydrogen-bond acceptors (Lipinski definition) is 5. The maximum Gasteiger partial charge on any atom is 0.416 e. The van der Waals surface area contributed by atoms with E-state index in [4.69, 9.17) is 5.11 Å². The number of aromatic nitrogens is 4. The summed E-state index contributed by atoms with van der Waals surface area (Å²) in [5.74, 6) is -0.960. The minimum absolute atomic E-state index is 0.171. The smallest absolute Gasteiger partial charge is 0.416 e. The fourth-order valence-electron chi connectivity index (χ4n) is 2.11. The van der Waals surface area contributed by atoms with E-state index in [1.807, 2.05) is 0 Å². The van der Waals surface area contributed by atoms with Crippen LogP contribution in [0.25, 0.3) is 0 Å². The molecule has 1 aliphatic rings. The summed E-state index contributed by atoms with van der Waals surface area (Å²) in [6.45, 7) is 0.726. The molecule has 0 aliphatic carbocycles. The van der Waals surface area contributed by atoms with E-state index in [0.29, 0.717) is 13.1 Å². The van der Waals surface area contributed by atoms with Gasteiger partial charge in [-0.25, -0.2) is 9.78 Å². The zero-order chi connectivity index (χ0) is 15.9. The molecule has 0 radical (unpaired) electrons. The van der Waals surface area contributed by atoms with E-state index in [0.717, 1.165) is 24.5 Å². The largest absolute Gasteiger partial charge is 0.476 e. The van der Waals surface area contributed by atoms with Gasteiger partial charge in [-0.3, -0.25) is 0 Å². The molecular weight excluding hydrogens is 303 g/mol. The summed E-state index contributed by atoms with van der Waals surface area (Å²) in [5.41, 5.74) is -0.929. The third-order valence-electron chi connectivity index (χ3n) is 3.31. The van der Waals surface area contributed by atoms with Gasteiger partial charge in [0.15, 0.2) is 5.69 Å². The van der Waals surface area contributed by atoms with Crippen molar-refractivity contribution >= 4 is 11.8 Å². The molecule has 0 spiro atoms. The average molecular weight is 313 g/mol. The molecule has 116 valence electrons. The minimum Gasteiger partial charge on any atom is -0.476 e. The lowest BCUT2D eigenvalue weighted by Gasteiger charge is -2.39. The standard InChI is InChI=1S/C12H10F3N5O2/c13-12(14,15)7-1-2-16-10(3-7)19-5-8(6-19)20-17-4-9(18-20)11(21)22/h1-4,8H,5-6H2,(H,21,22). The van der Waals surface area contributed by atoms with Gasteiger partial charge in [0, 0.05) is 19.3 Å². The van der Waals surface area contributed by atoms with Crippen molar-refractivity contribution in [3.8, 4) is 0 Å². The van der Waals surface area contributed by atoms with E-state index < -0.39 is 17.7 Å². The van der Waals surface area contributed by atoms with Crippen molar-refractivity contribution in [2.75, 3.05) is 18.0 Å². The van der Waals surface area contributed by atoms with E-state index in [1.54, 1.807) is 4.90 Å². The summed E-state index contributed by atoms with van der Waals surface area (Å²) in [7, 11) is 0. The van der Waals surface area contributed by atoms with E-state index >= 15 is 0 Å². The molecule has 0 saturated carbocycles. The highest BCUT2D eigenvalue weighted by molar-refractivity contribution is 5.84. The maximum absolute atomic E-state index is 12.6. The summed E-state index contributed by atoms with van der Waals surface area (Å²) in [5, 5.41) is 16.4. The molecule has 7 nitrogen and oxygen atoms in total. The molecule has 3 rings (SSSR count). The van der Waals surface area contributed by atoms with Crippen LogP contribution in [0, 0.1) is 0 Å². The Bertz CT molecular complexity index is 709. The lowest BCUT2D eigenvalue weighted by molar-refractivity contribution is -0.137. The van der Waals surface area contributed by atoms with Gasteiger partial charge in [0.05, 0.1) is 11.8 Å². The number of carboxylic acids is 1. The monoisotopic (exact) mass is 313 g/mol. The number of anilines is 1. The van der Waals surface area contributed by atoms with Gasteiger partial charge in [-0.15, -0.1) is 5.10 Å². The molecule has 0 bridgehead atoms. The Labute approximate surface area is 122 Å². The zero-order valence-electron chi connectivity index (χ0n) is 11.0. The predicted octanol–water partition coefficient (Wildman–Crippen LogP) is 1.45. The molecule has 0 atom stereocenters. The summed E-state index contributed by atoms with van der Waals surface area (Å²) < 4.78 is 37.9. The first kappa shape index (κ1) is 14.3. The van der Waals surface area contributed by atoms with Crippen LogP contribution in [-0.2, 0) is 6.18 Å². The topological polar surface area (TPSA) is 84.1 Å². The molecular formula is C12H10F3N5O2. The highest BCUT2D eigenvalue weighted by Crippen LogP contribution is 2.32. The number of carbonyl (C=O) groups is 1. The fourth-order valence-corrected chi connectivity index (χ4v) is 2.11. The van der Waals surface area contributed by atoms with Crippen LogP contribution in [0.3, 0.4) is 0 Å². The molecule has 1 N–H and O–H groups in total. The normalized spacial score (nSPS) is 15.7. The first-order valence-electron chi connectivity index (χ1n) is 6.28. The molecule has 1 fully saturated rings. The molecule has 0 amide bonds. The summed E-state index contributed by atoms with van der Waals surface area (Å²) in [6.07, 6.45) is -2.17. The Balaban J connectivity index is 1.69. The van der Waals surface area contributed by atoms with Crippen molar-refractivity contribution in [3.63, 3.8) is 0 Å². The Kier molecular flexibility index (Phi) is 3.23. The number of aromatic carboxylic acids is 1. The summed E-state index contributed by atoms with van der Waals surface area (Å²) in [6, 6.07) is 1.70.